The lowest BCUT2D eigenvalue weighted by atomic mass is 10.3. The van der Waals surface area contributed by atoms with Crippen LogP contribution in [0.3, 0.4) is 0 Å². The van der Waals surface area contributed by atoms with Gasteiger partial charge in [0.05, 0.1) is 23.6 Å². The second-order valence-electron chi connectivity index (χ2n) is 6.04. The molecule has 3 rings (SSSR count). The van der Waals surface area contributed by atoms with Crippen molar-refractivity contribution in [3.63, 3.8) is 0 Å². The Morgan fingerprint density at radius 1 is 1.17 bits per heavy atom. The minimum atomic E-state index is -0.207. The molecule has 0 fully saturated rings. The van der Waals surface area contributed by atoms with Crippen molar-refractivity contribution in [1.82, 2.24) is 14.8 Å². The van der Waals surface area contributed by atoms with Crippen molar-refractivity contribution >= 4 is 46.6 Å². The van der Waals surface area contributed by atoms with E-state index in [0.717, 1.165) is 0 Å². The number of amides is 1. The first-order chi connectivity index (χ1) is 14.5. The molecule has 0 atom stereocenters. The number of carbonyl (C=O) groups is 1. The van der Waals surface area contributed by atoms with Gasteiger partial charge in [-0.3, -0.25) is 4.79 Å². The number of halogens is 2. The molecule has 10 heteroatoms. The van der Waals surface area contributed by atoms with E-state index in [1.54, 1.807) is 25.3 Å². The maximum Gasteiger partial charge on any atom is 0.234 e. The lowest BCUT2D eigenvalue weighted by molar-refractivity contribution is -0.113. The van der Waals surface area contributed by atoms with Gasteiger partial charge in [0.15, 0.2) is 22.5 Å². The van der Waals surface area contributed by atoms with Crippen molar-refractivity contribution < 1.29 is 14.3 Å². The summed E-state index contributed by atoms with van der Waals surface area (Å²) in [5, 5.41) is 12.7. The van der Waals surface area contributed by atoms with Crippen molar-refractivity contribution in [3.8, 4) is 11.5 Å². The fourth-order valence-corrected chi connectivity index (χ4v) is 3.91. The number of nitrogens with zero attached hydrogens (tertiary/aromatic N) is 3. The molecule has 158 valence electrons. The van der Waals surface area contributed by atoms with Crippen molar-refractivity contribution in [2.24, 2.45) is 0 Å². The Morgan fingerprint density at radius 2 is 1.93 bits per heavy atom. The number of thioether (sulfide) groups is 1. The van der Waals surface area contributed by atoms with Gasteiger partial charge >= 0.3 is 0 Å². The van der Waals surface area contributed by atoms with Crippen molar-refractivity contribution in [2.45, 2.75) is 25.2 Å². The first-order valence-corrected chi connectivity index (χ1v) is 10.8. The van der Waals surface area contributed by atoms with Gasteiger partial charge in [0.2, 0.25) is 5.91 Å². The summed E-state index contributed by atoms with van der Waals surface area (Å²) in [6.45, 7) is 2.85. The smallest absolute Gasteiger partial charge is 0.234 e. The number of nitrogens with one attached hydrogen (secondary N) is 1. The fraction of sp³-hybridized carbons (Fsp3) is 0.250. The molecule has 1 aromatic heterocycles. The molecule has 1 N–H and O–H groups in total. The summed E-state index contributed by atoms with van der Waals surface area (Å²) in [5.41, 5.74) is 0.509. The van der Waals surface area contributed by atoms with Gasteiger partial charge in [-0.25, -0.2) is 0 Å². The summed E-state index contributed by atoms with van der Waals surface area (Å²) in [7, 11) is 1.59. The highest BCUT2D eigenvalue weighted by molar-refractivity contribution is 7.99. The van der Waals surface area contributed by atoms with Crippen molar-refractivity contribution in [3.05, 3.63) is 58.3 Å². The van der Waals surface area contributed by atoms with E-state index in [1.165, 1.54) is 11.8 Å². The number of aromatic nitrogens is 3. The summed E-state index contributed by atoms with van der Waals surface area (Å²) >= 11 is 13.3. The van der Waals surface area contributed by atoms with Crippen LogP contribution in [-0.2, 0) is 17.9 Å². The van der Waals surface area contributed by atoms with Crippen LogP contribution in [0.25, 0.3) is 0 Å². The molecule has 7 nitrogen and oxygen atoms in total. The Balaban J connectivity index is 1.60. The lowest BCUT2D eigenvalue weighted by Crippen LogP contribution is -2.15. The van der Waals surface area contributed by atoms with E-state index in [4.69, 9.17) is 32.7 Å². The molecule has 0 radical (unpaired) electrons. The highest BCUT2D eigenvalue weighted by Crippen LogP contribution is 2.28. The second-order valence-corrected chi connectivity index (χ2v) is 7.83. The Kier molecular flexibility index (Phi) is 7.84. The van der Waals surface area contributed by atoms with Crippen LogP contribution in [0, 0.1) is 0 Å². The molecular weight excluding hydrogens is 447 g/mol. The van der Waals surface area contributed by atoms with Gasteiger partial charge in [-0.05, 0) is 37.3 Å². The fourth-order valence-electron chi connectivity index (χ4n) is 2.64. The first-order valence-electron chi connectivity index (χ1n) is 9.07. The molecule has 30 heavy (non-hydrogen) atoms. The third-order valence-corrected chi connectivity index (χ3v) is 5.59. The number of carbonyl (C=O) groups excluding carboxylic acids is 1. The zero-order valence-corrected chi connectivity index (χ0v) is 18.7. The van der Waals surface area contributed by atoms with Crippen LogP contribution >= 0.6 is 35.0 Å². The minimum Gasteiger partial charge on any atom is -0.493 e. The van der Waals surface area contributed by atoms with Crippen LogP contribution in [0.15, 0.2) is 47.6 Å². The molecule has 0 aliphatic rings. The predicted molar refractivity (Wildman–Crippen MR) is 119 cm³/mol. The SMILES string of the molecule is CCn1c(COc2ccccc2OC)nnc1SCC(=O)Nc1ccc(Cl)cc1Cl. The zero-order valence-electron chi connectivity index (χ0n) is 16.4. The minimum absolute atomic E-state index is 0.157. The quantitative estimate of drug-likeness (QED) is 0.450. The molecule has 2 aromatic carbocycles. The Hall–Kier alpha value is -2.42. The molecule has 1 heterocycles. The summed E-state index contributed by atoms with van der Waals surface area (Å²) in [6, 6.07) is 12.3. The summed E-state index contributed by atoms with van der Waals surface area (Å²) in [4.78, 5) is 12.3. The standard InChI is InChI=1S/C20H20Cl2N4O3S/c1-3-26-18(11-29-17-7-5-4-6-16(17)28-2)24-25-20(26)30-12-19(27)23-15-9-8-13(21)10-14(15)22/h4-10H,3,11-12H2,1-2H3,(H,23,27). The number of rotatable bonds is 9. The number of anilines is 1. The Labute approximate surface area is 188 Å². The Bertz CT molecular complexity index is 1030. The average Bonchev–Trinajstić information content (AvgIpc) is 3.14. The molecule has 0 unspecified atom stereocenters. The van der Waals surface area contributed by atoms with E-state index in [9.17, 15) is 4.79 Å². The number of hydrogen-bond acceptors (Lipinski definition) is 6. The molecule has 0 saturated carbocycles. The van der Waals surface area contributed by atoms with E-state index in [0.29, 0.717) is 44.8 Å². The largest absolute Gasteiger partial charge is 0.493 e. The van der Waals surface area contributed by atoms with Gasteiger partial charge in [0.1, 0.15) is 6.61 Å². The summed E-state index contributed by atoms with van der Waals surface area (Å²) in [6.07, 6.45) is 0. The molecule has 0 aliphatic heterocycles. The summed E-state index contributed by atoms with van der Waals surface area (Å²) < 4.78 is 13.0. The van der Waals surface area contributed by atoms with Crippen LogP contribution in [0.4, 0.5) is 5.69 Å². The third-order valence-electron chi connectivity index (χ3n) is 4.07. The number of methoxy groups -OCH3 is 1. The molecule has 0 bridgehead atoms. The highest BCUT2D eigenvalue weighted by atomic mass is 35.5. The van der Waals surface area contributed by atoms with Crippen molar-refractivity contribution in [1.29, 1.82) is 0 Å². The molecule has 0 aliphatic carbocycles. The van der Waals surface area contributed by atoms with Crippen LogP contribution in [0.1, 0.15) is 12.7 Å². The number of ether oxygens (including phenoxy) is 2. The van der Waals surface area contributed by atoms with Gasteiger partial charge < -0.3 is 19.4 Å². The van der Waals surface area contributed by atoms with Gasteiger partial charge in [0.25, 0.3) is 0 Å². The van der Waals surface area contributed by atoms with Crippen molar-refractivity contribution in [2.75, 3.05) is 18.2 Å². The predicted octanol–water partition coefficient (Wildman–Crippen LogP) is 4.92. The first kappa shape index (κ1) is 22.3. The topological polar surface area (TPSA) is 78.3 Å². The monoisotopic (exact) mass is 466 g/mol. The Morgan fingerprint density at radius 3 is 2.63 bits per heavy atom. The lowest BCUT2D eigenvalue weighted by Gasteiger charge is -2.11. The van der Waals surface area contributed by atoms with E-state index in [2.05, 4.69) is 15.5 Å². The van der Waals surface area contributed by atoms with Gasteiger partial charge in [-0.2, -0.15) is 0 Å². The maximum absolute atomic E-state index is 12.3. The number of benzene rings is 2. The van der Waals surface area contributed by atoms with E-state index >= 15 is 0 Å². The highest BCUT2D eigenvalue weighted by Gasteiger charge is 2.15. The third kappa shape index (κ3) is 5.59. The van der Waals surface area contributed by atoms with E-state index < -0.39 is 0 Å². The van der Waals surface area contributed by atoms with E-state index in [-0.39, 0.29) is 18.3 Å². The number of para-hydroxylation sites is 2. The van der Waals surface area contributed by atoms with Crippen LogP contribution in [0.5, 0.6) is 11.5 Å². The molecule has 3 aromatic rings. The van der Waals surface area contributed by atoms with Crippen LogP contribution in [0.2, 0.25) is 10.0 Å². The maximum atomic E-state index is 12.3. The van der Waals surface area contributed by atoms with Crippen LogP contribution in [-0.4, -0.2) is 33.5 Å². The summed E-state index contributed by atoms with van der Waals surface area (Å²) in [5.74, 6) is 1.88. The average molecular weight is 467 g/mol. The normalized spacial score (nSPS) is 10.7. The van der Waals surface area contributed by atoms with E-state index in [1.807, 2.05) is 35.8 Å². The second kappa shape index (κ2) is 10.6. The van der Waals surface area contributed by atoms with Gasteiger partial charge in [-0.15, -0.1) is 10.2 Å². The van der Waals surface area contributed by atoms with Gasteiger partial charge in [0, 0.05) is 11.6 Å². The zero-order chi connectivity index (χ0) is 21.5. The molecule has 0 spiro atoms. The number of hydrogen-bond donors (Lipinski definition) is 1. The molecule has 1 amide bonds. The van der Waals surface area contributed by atoms with Crippen LogP contribution < -0.4 is 14.8 Å². The molecule has 0 saturated heterocycles. The van der Waals surface area contributed by atoms with Gasteiger partial charge in [-0.1, -0.05) is 47.1 Å². The molecular formula is C20H20Cl2N4O3S.